The number of likely N-dealkylation sites (tertiary alicyclic amines) is 1. The van der Waals surface area contributed by atoms with Crippen molar-refractivity contribution in [3.63, 3.8) is 0 Å². The third-order valence-corrected chi connectivity index (χ3v) is 9.34. The van der Waals surface area contributed by atoms with Crippen LogP contribution < -0.4 is 10.1 Å². The minimum Gasteiger partial charge on any atom is -0.495 e. The van der Waals surface area contributed by atoms with Crippen LogP contribution in [0.5, 0.6) is 5.75 Å². The Morgan fingerprint density at radius 1 is 1.00 bits per heavy atom. The fourth-order valence-electron chi connectivity index (χ4n) is 6.58. The van der Waals surface area contributed by atoms with Gasteiger partial charge in [0.25, 0.3) is 5.91 Å². The van der Waals surface area contributed by atoms with Gasteiger partial charge in [0.1, 0.15) is 11.4 Å². The summed E-state index contributed by atoms with van der Waals surface area (Å²) < 4.78 is 7.85. The third-order valence-electron chi connectivity index (χ3n) is 8.61. The molecule has 2 bridgehead atoms. The number of pyridine rings is 1. The van der Waals surface area contributed by atoms with E-state index in [9.17, 15) is 9.59 Å². The van der Waals surface area contributed by atoms with E-state index in [1.807, 2.05) is 42.6 Å². The van der Waals surface area contributed by atoms with Crippen LogP contribution >= 0.6 is 23.2 Å². The smallest absolute Gasteiger partial charge is 0.253 e. The van der Waals surface area contributed by atoms with Gasteiger partial charge in [0.2, 0.25) is 0 Å². The molecule has 2 saturated heterocycles. The number of carbonyl (C=O) groups is 2. The Morgan fingerprint density at radius 2 is 1.81 bits per heavy atom. The largest absolute Gasteiger partial charge is 0.495 e. The first-order valence-corrected chi connectivity index (χ1v) is 15.5. The molecule has 2 aliphatic rings. The summed E-state index contributed by atoms with van der Waals surface area (Å²) in [6, 6.07) is 17.5. The lowest BCUT2D eigenvalue weighted by Gasteiger charge is -2.40. The summed E-state index contributed by atoms with van der Waals surface area (Å²) >= 11 is 12.2. The number of hydrogen-bond acceptors (Lipinski definition) is 6. The van der Waals surface area contributed by atoms with Crippen molar-refractivity contribution in [3.8, 4) is 5.75 Å². The predicted molar refractivity (Wildman–Crippen MR) is 169 cm³/mol. The van der Waals surface area contributed by atoms with E-state index in [-0.39, 0.29) is 11.7 Å². The molecule has 224 valence electrons. The third kappa shape index (κ3) is 6.43. The van der Waals surface area contributed by atoms with Gasteiger partial charge in [-0.3, -0.25) is 24.4 Å². The Hall–Kier alpha value is -3.43. The zero-order valence-corrected chi connectivity index (χ0v) is 25.7. The van der Waals surface area contributed by atoms with Gasteiger partial charge in [0, 0.05) is 62.6 Å². The number of ether oxygens (including phenoxy) is 1. The standard InChI is InChI=1S/C33H35Cl2N5O3/c1-43-31-8-4-6-25-26(33(42)37-17-22-9-12-27(34)28(35)16-22)20-39(32(25)31)14-5-15-40-23-10-11-24(40)19-38(18-23)21-30(41)29-7-2-3-13-36-29/h2-4,6-9,12-13,16,20,23-24H,5,10-11,14-15,17-19,21H2,1H3,(H,37,42). The molecule has 1 N–H and O–H groups in total. The maximum atomic E-state index is 13.3. The van der Waals surface area contributed by atoms with Gasteiger partial charge >= 0.3 is 0 Å². The highest BCUT2D eigenvalue weighted by molar-refractivity contribution is 6.42. The van der Waals surface area contributed by atoms with Crippen molar-refractivity contribution < 1.29 is 14.3 Å². The van der Waals surface area contributed by atoms with E-state index in [4.69, 9.17) is 27.9 Å². The monoisotopic (exact) mass is 619 g/mol. The lowest BCUT2D eigenvalue weighted by molar-refractivity contribution is 0.0586. The number of fused-ring (bicyclic) bond motifs is 3. The van der Waals surface area contributed by atoms with E-state index in [1.54, 1.807) is 31.5 Å². The number of rotatable bonds is 11. The van der Waals surface area contributed by atoms with Gasteiger partial charge < -0.3 is 14.6 Å². The summed E-state index contributed by atoms with van der Waals surface area (Å²) in [4.78, 5) is 35.2. The fraction of sp³-hybridized carbons (Fsp3) is 0.364. The van der Waals surface area contributed by atoms with Crippen LogP contribution in [0.25, 0.3) is 10.9 Å². The number of benzene rings is 2. The van der Waals surface area contributed by atoms with Crippen LogP contribution in [0.15, 0.2) is 67.0 Å². The second-order valence-electron chi connectivity index (χ2n) is 11.3. The molecule has 0 aliphatic carbocycles. The SMILES string of the molecule is COc1cccc2c(C(=O)NCc3ccc(Cl)c(Cl)c3)cn(CCCN3C4CCC3CN(CC(=O)c3ccccn3)C4)c12. The number of hydrogen-bond donors (Lipinski definition) is 1. The molecule has 43 heavy (non-hydrogen) atoms. The normalized spacial score (nSPS) is 18.7. The van der Waals surface area contributed by atoms with Crippen molar-refractivity contribution in [2.75, 3.05) is 33.3 Å². The van der Waals surface area contributed by atoms with Gasteiger partial charge in [-0.05, 0) is 55.2 Å². The highest BCUT2D eigenvalue weighted by Crippen LogP contribution is 2.32. The summed E-state index contributed by atoms with van der Waals surface area (Å²) in [6.07, 6.45) is 6.86. The summed E-state index contributed by atoms with van der Waals surface area (Å²) in [7, 11) is 1.66. The van der Waals surface area contributed by atoms with Crippen LogP contribution in [0.4, 0.5) is 0 Å². The Labute approximate surface area is 261 Å². The number of aromatic nitrogens is 2. The van der Waals surface area contributed by atoms with Crippen molar-refractivity contribution in [3.05, 3.63) is 93.9 Å². The summed E-state index contributed by atoms with van der Waals surface area (Å²) in [5.41, 5.74) is 2.94. The van der Waals surface area contributed by atoms with Crippen LogP contribution in [0.2, 0.25) is 10.0 Å². The number of nitrogens with one attached hydrogen (secondary N) is 1. The first kappa shape index (κ1) is 29.6. The van der Waals surface area contributed by atoms with Gasteiger partial charge in [0.05, 0.1) is 34.8 Å². The average Bonchev–Trinajstić information content (AvgIpc) is 3.51. The molecule has 0 radical (unpaired) electrons. The first-order chi connectivity index (χ1) is 20.9. The minimum atomic E-state index is -0.155. The fourth-order valence-corrected chi connectivity index (χ4v) is 6.90. The number of ketones is 1. The van der Waals surface area contributed by atoms with Crippen LogP contribution in [0.1, 0.15) is 45.7 Å². The van der Waals surface area contributed by atoms with Crippen molar-refractivity contribution in [1.29, 1.82) is 0 Å². The Bertz CT molecular complexity index is 1610. The molecule has 2 aromatic heterocycles. The maximum Gasteiger partial charge on any atom is 0.253 e. The van der Waals surface area contributed by atoms with Crippen LogP contribution in [0, 0.1) is 0 Å². The topological polar surface area (TPSA) is 79.7 Å². The molecule has 2 atom stereocenters. The number of piperazine rings is 1. The van der Waals surface area contributed by atoms with Crippen molar-refractivity contribution >= 4 is 45.8 Å². The number of nitrogens with zero attached hydrogens (tertiary/aromatic N) is 4. The molecule has 2 unspecified atom stereocenters. The minimum absolute atomic E-state index is 0.0821. The van der Waals surface area contributed by atoms with Crippen LogP contribution in [-0.2, 0) is 13.1 Å². The highest BCUT2D eigenvalue weighted by atomic mass is 35.5. The van der Waals surface area contributed by atoms with E-state index in [0.717, 1.165) is 67.7 Å². The van der Waals surface area contributed by atoms with Crippen LogP contribution in [-0.4, -0.2) is 76.4 Å². The molecule has 0 saturated carbocycles. The lowest BCUT2D eigenvalue weighted by atomic mass is 10.1. The van der Waals surface area contributed by atoms with E-state index in [1.165, 1.54) is 0 Å². The Kier molecular flexibility index (Phi) is 9.00. The molecule has 2 aliphatic heterocycles. The maximum absolute atomic E-state index is 13.3. The zero-order valence-electron chi connectivity index (χ0n) is 24.1. The van der Waals surface area contributed by atoms with E-state index in [0.29, 0.717) is 46.5 Å². The second-order valence-corrected chi connectivity index (χ2v) is 12.1. The average molecular weight is 621 g/mol. The molecule has 10 heteroatoms. The van der Waals surface area contributed by atoms with Crippen molar-refractivity contribution in [1.82, 2.24) is 24.7 Å². The number of halogens is 2. The van der Waals surface area contributed by atoms with Crippen molar-refractivity contribution in [2.45, 2.75) is 44.4 Å². The number of Topliss-reactive ketones (excluding diaryl/α,β-unsaturated/α-hetero) is 1. The Balaban J connectivity index is 1.10. The highest BCUT2D eigenvalue weighted by Gasteiger charge is 2.39. The Morgan fingerprint density at radius 3 is 2.53 bits per heavy atom. The summed E-state index contributed by atoms with van der Waals surface area (Å²) in [5, 5.41) is 4.83. The number of aryl methyl sites for hydroxylation is 1. The number of carbonyl (C=O) groups excluding carboxylic acids is 2. The molecule has 2 aromatic carbocycles. The van der Waals surface area contributed by atoms with Gasteiger partial charge in [-0.1, -0.05) is 47.5 Å². The van der Waals surface area contributed by atoms with Gasteiger partial charge in [-0.15, -0.1) is 0 Å². The van der Waals surface area contributed by atoms with Crippen LogP contribution in [0.3, 0.4) is 0 Å². The van der Waals surface area contributed by atoms with E-state index < -0.39 is 0 Å². The molecule has 0 spiro atoms. The van der Waals surface area contributed by atoms with E-state index >= 15 is 0 Å². The molecule has 1 amide bonds. The molecule has 8 nitrogen and oxygen atoms in total. The molecule has 2 fully saturated rings. The van der Waals surface area contributed by atoms with Crippen molar-refractivity contribution in [2.24, 2.45) is 0 Å². The lowest BCUT2D eigenvalue weighted by Crippen LogP contribution is -2.54. The molecular formula is C33H35Cl2N5O3. The van der Waals surface area contributed by atoms with Gasteiger partial charge in [0.15, 0.2) is 5.78 Å². The van der Waals surface area contributed by atoms with E-state index in [2.05, 4.69) is 24.7 Å². The predicted octanol–water partition coefficient (Wildman–Crippen LogP) is 5.70. The zero-order chi connectivity index (χ0) is 29.9. The molecule has 6 rings (SSSR count). The molecule has 4 heterocycles. The quantitative estimate of drug-likeness (QED) is 0.217. The number of para-hydroxylation sites is 1. The first-order valence-electron chi connectivity index (χ1n) is 14.7. The van der Waals surface area contributed by atoms with Gasteiger partial charge in [-0.25, -0.2) is 0 Å². The second kappa shape index (κ2) is 13.1. The molecular weight excluding hydrogens is 585 g/mol. The van der Waals surface area contributed by atoms with Gasteiger partial charge in [-0.2, -0.15) is 0 Å². The number of methoxy groups -OCH3 is 1. The molecule has 4 aromatic rings. The summed E-state index contributed by atoms with van der Waals surface area (Å²) in [5.74, 6) is 0.670. The number of amides is 1. The summed E-state index contributed by atoms with van der Waals surface area (Å²) in [6.45, 7) is 4.29.